The van der Waals surface area contributed by atoms with Crippen LogP contribution in [0, 0.1) is 0 Å². The van der Waals surface area contributed by atoms with Crippen molar-refractivity contribution in [2.24, 2.45) is 0 Å². The maximum atomic E-state index is 12.2. The Bertz CT molecular complexity index is 1080. The molecule has 2 aromatic carbocycles. The topological polar surface area (TPSA) is 81.1 Å². The number of nitrogens with zero attached hydrogens (tertiary/aromatic N) is 2. The van der Waals surface area contributed by atoms with Gasteiger partial charge in [-0.3, -0.25) is 4.79 Å². The lowest BCUT2D eigenvalue weighted by molar-refractivity contribution is 0.548. The average Bonchev–Trinajstić information content (AvgIpc) is 2.69. The molecule has 3 rings (SSSR count). The van der Waals surface area contributed by atoms with Crippen LogP contribution in [0.25, 0.3) is 11.3 Å². The van der Waals surface area contributed by atoms with Crippen molar-refractivity contribution in [1.29, 1.82) is 0 Å². The van der Waals surface area contributed by atoms with Crippen LogP contribution in [-0.2, 0) is 23.0 Å². The average molecular weight is 418 g/mol. The van der Waals surface area contributed by atoms with Gasteiger partial charge in [0.25, 0.3) is 5.56 Å². The molecule has 0 fully saturated rings. The molecule has 8 heteroatoms. The van der Waals surface area contributed by atoms with E-state index in [-0.39, 0.29) is 24.4 Å². The Labute approximate surface area is 168 Å². The van der Waals surface area contributed by atoms with Crippen molar-refractivity contribution in [3.63, 3.8) is 0 Å². The Morgan fingerprint density at radius 2 is 1.68 bits per heavy atom. The van der Waals surface area contributed by atoms with E-state index in [0.717, 1.165) is 11.1 Å². The molecule has 28 heavy (non-hydrogen) atoms. The van der Waals surface area contributed by atoms with Gasteiger partial charge in [0.1, 0.15) is 0 Å². The summed E-state index contributed by atoms with van der Waals surface area (Å²) >= 11 is 5.89. The molecule has 0 bridgehead atoms. The number of nitrogens with one attached hydrogen (secondary N) is 1. The highest BCUT2D eigenvalue weighted by atomic mass is 35.5. The molecule has 0 aliphatic carbocycles. The van der Waals surface area contributed by atoms with Crippen LogP contribution in [0.5, 0.6) is 0 Å². The van der Waals surface area contributed by atoms with Gasteiger partial charge in [-0.25, -0.2) is 17.8 Å². The lowest BCUT2D eigenvalue weighted by atomic mass is 10.1. The second kappa shape index (κ2) is 9.14. The van der Waals surface area contributed by atoms with Gasteiger partial charge >= 0.3 is 0 Å². The Kier molecular flexibility index (Phi) is 6.61. The third kappa shape index (κ3) is 5.76. The summed E-state index contributed by atoms with van der Waals surface area (Å²) < 4.78 is 28.1. The Morgan fingerprint density at radius 3 is 2.39 bits per heavy atom. The van der Waals surface area contributed by atoms with E-state index < -0.39 is 10.0 Å². The van der Waals surface area contributed by atoms with Crippen molar-refractivity contribution >= 4 is 21.6 Å². The van der Waals surface area contributed by atoms with Crippen LogP contribution in [0.3, 0.4) is 0 Å². The smallest absolute Gasteiger partial charge is 0.266 e. The number of rotatable bonds is 8. The number of hydrogen-bond donors (Lipinski definition) is 1. The summed E-state index contributed by atoms with van der Waals surface area (Å²) in [5.41, 5.74) is 2.10. The lowest BCUT2D eigenvalue weighted by Crippen LogP contribution is -2.33. The van der Waals surface area contributed by atoms with Gasteiger partial charge in [0.2, 0.25) is 10.0 Å². The number of aromatic nitrogens is 2. The van der Waals surface area contributed by atoms with Crippen molar-refractivity contribution < 1.29 is 8.42 Å². The molecular weight excluding hydrogens is 398 g/mol. The van der Waals surface area contributed by atoms with Gasteiger partial charge in [0, 0.05) is 23.2 Å². The molecule has 1 aromatic heterocycles. The quantitative estimate of drug-likeness (QED) is 0.611. The molecule has 0 aliphatic heterocycles. The molecule has 0 atom stereocenters. The van der Waals surface area contributed by atoms with Gasteiger partial charge in [0.05, 0.1) is 18.0 Å². The van der Waals surface area contributed by atoms with Gasteiger partial charge < -0.3 is 0 Å². The lowest BCUT2D eigenvalue weighted by Gasteiger charge is -2.09. The Morgan fingerprint density at radius 1 is 0.964 bits per heavy atom. The molecule has 0 spiro atoms. The standard InChI is InChI=1S/C20H20ClN3O3S/c21-18-8-6-17(7-9-18)19-10-11-20(25)24(23-19)14-13-22-28(26,27)15-12-16-4-2-1-3-5-16/h1-11,22H,12-15H2. The van der Waals surface area contributed by atoms with Crippen LogP contribution in [0.4, 0.5) is 0 Å². The van der Waals surface area contributed by atoms with Crippen LogP contribution in [0.2, 0.25) is 5.02 Å². The summed E-state index contributed by atoms with van der Waals surface area (Å²) in [5, 5.41) is 4.92. The largest absolute Gasteiger partial charge is 0.268 e. The first-order chi connectivity index (χ1) is 13.4. The molecule has 0 saturated heterocycles. The zero-order valence-corrected chi connectivity index (χ0v) is 16.7. The maximum absolute atomic E-state index is 12.2. The minimum Gasteiger partial charge on any atom is -0.268 e. The molecule has 1 N–H and O–H groups in total. The number of aryl methyl sites for hydroxylation is 1. The summed E-state index contributed by atoms with van der Waals surface area (Å²) in [6, 6.07) is 19.6. The van der Waals surface area contributed by atoms with Gasteiger partial charge in [-0.1, -0.05) is 54.1 Å². The summed E-state index contributed by atoms with van der Waals surface area (Å²) in [7, 11) is -3.44. The molecule has 146 valence electrons. The molecule has 0 aliphatic rings. The van der Waals surface area contributed by atoms with E-state index >= 15 is 0 Å². The van der Waals surface area contributed by atoms with E-state index in [4.69, 9.17) is 11.6 Å². The first-order valence-corrected chi connectivity index (χ1v) is 10.8. The second-order valence-corrected chi connectivity index (χ2v) is 8.60. The Balaban J connectivity index is 1.60. The molecular formula is C20H20ClN3O3S. The monoisotopic (exact) mass is 417 g/mol. The minimum absolute atomic E-state index is 0.00977. The Hall–Kier alpha value is -2.48. The number of halogens is 1. The number of hydrogen-bond acceptors (Lipinski definition) is 4. The van der Waals surface area contributed by atoms with Crippen molar-refractivity contribution in [2.75, 3.05) is 12.3 Å². The van der Waals surface area contributed by atoms with E-state index in [1.165, 1.54) is 10.7 Å². The van der Waals surface area contributed by atoms with E-state index in [1.54, 1.807) is 18.2 Å². The number of benzene rings is 2. The van der Waals surface area contributed by atoms with Crippen LogP contribution in [-0.4, -0.2) is 30.5 Å². The molecule has 0 amide bonds. The third-order valence-electron chi connectivity index (χ3n) is 4.15. The normalized spacial score (nSPS) is 11.5. The van der Waals surface area contributed by atoms with Crippen LogP contribution in [0.15, 0.2) is 71.5 Å². The van der Waals surface area contributed by atoms with Crippen LogP contribution < -0.4 is 10.3 Å². The van der Waals surface area contributed by atoms with E-state index in [2.05, 4.69) is 9.82 Å². The van der Waals surface area contributed by atoms with Crippen molar-refractivity contribution in [2.45, 2.75) is 13.0 Å². The maximum Gasteiger partial charge on any atom is 0.266 e. The molecule has 1 heterocycles. The van der Waals surface area contributed by atoms with Crippen LogP contribution in [0.1, 0.15) is 5.56 Å². The molecule has 0 radical (unpaired) electrons. The van der Waals surface area contributed by atoms with Gasteiger partial charge in [0.15, 0.2) is 0 Å². The fourth-order valence-electron chi connectivity index (χ4n) is 2.66. The van der Waals surface area contributed by atoms with Crippen molar-refractivity contribution in [1.82, 2.24) is 14.5 Å². The molecule has 0 unspecified atom stereocenters. The summed E-state index contributed by atoms with van der Waals surface area (Å²) in [4.78, 5) is 12.0. The highest BCUT2D eigenvalue weighted by molar-refractivity contribution is 7.89. The summed E-state index contributed by atoms with van der Waals surface area (Å²) in [5.74, 6) is -0.00977. The van der Waals surface area contributed by atoms with Gasteiger partial charge in [-0.15, -0.1) is 0 Å². The van der Waals surface area contributed by atoms with Crippen LogP contribution >= 0.6 is 11.6 Å². The van der Waals surface area contributed by atoms with Gasteiger partial charge in [-0.2, -0.15) is 5.10 Å². The predicted molar refractivity (Wildman–Crippen MR) is 111 cm³/mol. The minimum atomic E-state index is -3.44. The van der Waals surface area contributed by atoms with E-state index in [9.17, 15) is 13.2 Å². The third-order valence-corrected chi connectivity index (χ3v) is 5.79. The predicted octanol–water partition coefficient (Wildman–Crippen LogP) is 2.73. The van der Waals surface area contributed by atoms with E-state index in [0.29, 0.717) is 17.1 Å². The zero-order valence-electron chi connectivity index (χ0n) is 15.1. The second-order valence-electron chi connectivity index (χ2n) is 6.24. The molecule has 6 nitrogen and oxygen atoms in total. The first-order valence-electron chi connectivity index (χ1n) is 8.78. The molecule has 0 saturated carbocycles. The van der Waals surface area contributed by atoms with E-state index in [1.807, 2.05) is 42.5 Å². The fourth-order valence-corrected chi connectivity index (χ4v) is 3.84. The van der Waals surface area contributed by atoms with Gasteiger partial charge in [-0.05, 0) is 30.2 Å². The first kappa shape index (κ1) is 20.3. The molecule has 3 aromatic rings. The number of sulfonamides is 1. The highest BCUT2D eigenvalue weighted by Gasteiger charge is 2.11. The summed E-state index contributed by atoms with van der Waals surface area (Å²) in [6.45, 7) is 0.235. The van der Waals surface area contributed by atoms with Crippen molar-refractivity contribution in [3.8, 4) is 11.3 Å². The summed E-state index contributed by atoms with van der Waals surface area (Å²) in [6.07, 6.45) is 0.431. The zero-order chi connectivity index (χ0) is 20.0. The highest BCUT2D eigenvalue weighted by Crippen LogP contribution is 2.18. The van der Waals surface area contributed by atoms with Crippen molar-refractivity contribution in [3.05, 3.63) is 87.7 Å². The SMILES string of the molecule is O=c1ccc(-c2ccc(Cl)cc2)nn1CCNS(=O)(=O)CCc1ccccc1. The fraction of sp³-hybridized carbons (Fsp3) is 0.200.